The maximum Gasteiger partial charge on any atom is 0.225 e. The fraction of sp³-hybridized carbons (Fsp3) is 0.136. The predicted molar refractivity (Wildman–Crippen MR) is 112 cm³/mol. The zero-order valence-electron chi connectivity index (χ0n) is 15.7. The van der Waals surface area contributed by atoms with Crippen LogP contribution in [-0.4, -0.2) is 27.4 Å². The highest BCUT2D eigenvalue weighted by Crippen LogP contribution is 2.38. The summed E-state index contributed by atoms with van der Waals surface area (Å²) >= 11 is 0. The van der Waals surface area contributed by atoms with Gasteiger partial charge in [0.15, 0.2) is 0 Å². The van der Waals surface area contributed by atoms with Gasteiger partial charge in [-0.25, -0.2) is 9.37 Å². The molecule has 0 spiro atoms. The first-order valence-electron chi connectivity index (χ1n) is 9.34. The molecule has 29 heavy (non-hydrogen) atoms. The molecule has 4 aromatic rings. The number of nitrogens with one attached hydrogen (secondary N) is 2. The highest BCUT2D eigenvalue weighted by Gasteiger charge is 2.17. The molecular formula is C22H20FN5O. The molecule has 0 aliphatic carbocycles. The Morgan fingerprint density at radius 1 is 1.03 bits per heavy atom. The van der Waals surface area contributed by atoms with Crippen LogP contribution in [0.3, 0.4) is 0 Å². The Morgan fingerprint density at radius 3 is 2.52 bits per heavy atom. The van der Waals surface area contributed by atoms with E-state index >= 15 is 0 Å². The van der Waals surface area contributed by atoms with Crippen molar-refractivity contribution in [3.8, 4) is 22.4 Å². The number of hydrogen-bond acceptors (Lipinski definition) is 4. The first-order chi connectivity index (χ1) is 14.2. The number of nitrogens with zero attached hydrogens (tertiary/aromatic N) is 2. The summed E-state index contributed by atoms with van der Waals surface area (Å²) in [5.74, 6) is 0.0469. The number of benzene rings is 1. The fourth-order valence-electron chi connectivity index (χ4n) is 3.26. The lowest BCUT2D eigenvalue weighted by Crippen LogP contribution is -2.14. The van der Waals surface area contributed by atoms with Gasteiger partial charge < -0.3 is 16.0 Å². The standard InChI is InChI=1S/C22H20FN5O/c23-16-5-3-15(4-6-16)21-20(14-9-12-25-13-10-14)17-7-8-18(27-22(17)28-21)26-19(29)2-1-11-24/h3-10,12-13H,1-2,11,24H2,(H2,26,27,28,29). The van der Waals surface area contributed by atoms with E-state index in [0.717, 1.165) is 27.8 Å². The molecule has 6 nitrogen and oxygen atoms in total. The molecule has 0 unspecified atom stereocenters. The van der Waals surface area contributed by atoms with E-state index in [1.165, 1.54) is 12.1 Å². The molecule has 1 amide bonds. The van der Waals surface area contributed by atoms with E-state index in [0.29, 0.717) is 30.9 Å². The van der Waals surface area contributed by atoms with Crippen molar-refractivity contribution in [2.24, 2.45) is 5.73 Å². The van der Waals surface area contributed by atoms with Gasteiger partial charge >= 0.3 is 0 Å². The molecule has 0 atom stereocenters. The highest BCUT2D eigenvalue weighted by atomic mass is 19.1. The van der Waals surface area contributed by atoms with E-state index < -0.39 is 0 Å². The zero-order chi connectivity index (χ0) is 20.2. The third-order valence-corrected chi connectivity index (χ3v) is 4.64. The van der Waals surface area contributed by atoms with Crippen molar-refractivity contribution in [1.82, 2.24) is 15.0 Å². The number of H-pyrrole nitrogens is 1. The maximum atomic E-state index is 13.4. The molecule has 0 radical (unpaired) electrons. The van der Waals surface area contributed by atoms with Gasteiger partial charge in [0.2, 0.25) is 5.91 Å². The summed E-state index contributed by atoms with van der Waals surface area (Å²) in [7, 11) is 0. The Kier molecular flexibility index (Phi) is 5.31. The monoisotopic (exact) mass is 389 g/mol. The summed E-state index contributed by atoms with van der Waals surface area (Å²) in [6, 6.07) is 13.8. The van der Waals surface area contributed by atoms with Crippen LogP contribution in [0, 0.1) is 5.82 Å². The number of rotatable bonds is 6. The van der Waals surface area contributed by atoms with E-state index in [4.69, 9.17) is 5.73 Å². The molecule has 0 aliphatic rings. The second-order valence-electron chi connectivity index (χ2n) is 6.65. The summed E-state index contributed by atoms with van der Waals surface area (Å²) in [4.78, 5) is 24.0. The molecule has 4 N–H and O–H groups in total. The van der Waals surface area contributed by atoms with Crippen LogP contribution in [0.15, 0.2) is 60.9 Å². The second kappa shape index (κ2) is 8.20. The topological polar surface area (TPSA) is 96.7 Å². The van der Waals surface area contributed by atoms with Gasteiger partial charge in [0, 0.05) is 29.8 Å². The number of hydrogen-bond donors (Lipinski definition) is 3. The van der Waals surface area contributed by atoms with Crippen LogP contribution in [0.1, 0.15) is 12.8 Å². The Hall–Kier alpha value is -3.58. The first-order valence-corrected chi connectivity index (χ1v) is 9.34. The number of fused-ring (bicyclic) bond motifs is 1. The van der Waals surface area contributed by atoms with Gasteiger partial charge in [0.25, 0.3) is 0 Å². The molecule has 3 heterocycles. The van der Waals surface area contributed by atoms with Gasteiger partial charge in [-0.3, -0.25) is 9.78 Å². The lowest BCUT2D eigenvalue weighted by Gasteiger charge is -2.06. The van der Waals surface area contributed by atoms with E-state index in [9.17, 15) is 9.18 Å². The number of aromatic nitrogens is 3. The van der Waals surface area contributed by atoms with Crippen molar-refractivity contribution in [2.45, 2.75) is 12.8 Å². The van der Waals surface area contributed by atoms with Gasteiger partial charge in [-0.05, 0) is 72.6 Å². The average Bonchev–Trinajstić information content (AvgIpc) is 3.12. The Bertz CT molecular complexity index is 1140. The lowest BCUT2D eigenvalue weighted by atomic mass is 10.00. The van der Waals surface area contributed by atoms with Crippen LogP contribution in [0.4, 0.5) is 10.2 Å². The molecule has 0 saturated carbocycles. The first kappa shape index (κ1) is 18.8. The van der Waals surface area contributed by atoms with Crippen molar-refractivity contribution in [1.29, 1.82) is 0 Å². The zero-order valence-corrected chi connectivity index (χ0v) is 15.7. The molecule has 0 saturated heterocycles. The number of pyridine rings is 2. The van der Waals surface area contributed by atoms with Gasteiger partial charge in [0.1, 0.15) is 17.3 Å². The van der Waals surface area contributed by atoms with Gasteiger partial charge in [-0.15, -0.1) is 0 Å². The molecular weight excluding hydrogens is 369 g/mol. The van der Waals surface area contributed by atoms with Crippen molar-refractivity contribution in [3.63, 3.8) is 0 Å². The minimum Gasteiger partial charge on any atom is -0.339 e. The number of halogens is 1. The van der Waals surface area contributed by atoms with Crippen LogP contribution >= 0.6 is 0 Å². The number of aromatic amines is 1. The van der Waals surface area contributed by atoms with Crippen LogP contribution < -0.4 is 11.1 Å². The van der Waals surface area contributed by atoms with Crippen LogP contribution in [0.25, 0.3) is 33.4 Å². The Morgan fingerprint density at radius 2 is 1.79 bits per heavy atom. The molecule has 146 valence electrons. The summed E-state index contributed by atoms with van der Waals surface area (Å²) in [6.07, 6.45) is 4.42. The second-order valence-corrected chi connectivity index (χ2v) is 6.65. The average molecular weight is 389 g/mol. The molecule has 0 aliphatic heterocycles. The van der Waals surface area contributed by atoms with E-state index in [1.54, 1.807) is 30.6 Å². The summed E-state index contributed by atoms with van der Waals surface area (Å²) in [6.45, 7) is 0.465. The number of carbonyl (C=O) groups is 1. The van der Waals surface area contributed by atoms with Crippen molar-refractivity contribution < 1.29 is 9.18 Å². The van der Waals surface area contributed by atoms with Gasteiger partial charge in [0.05, 0.1) is 5.69 Å². The number of amides is 1. The van der Waals surface area contributed by atoms with Crippen LogP contribution in [0.5, 0.6) is 0 Å². The molecule has 0 fully saturated rings. The highest BCUT2D eigenvalue weighted by molar-refractivity contribution is 6.03. The smallest absolute Gasteiger partial charge is 0.225 e. The SMILES string of the molecule is NCCCC(=O)Nc1ccc2c(-c3ccncc3)c(-c3ccc(F)cc3)[nH]c2n1. The molecule has 3 aromatic heterocycles. The van der Waals surface area contributed by atoms with Crippen molar-refractivity contribution in [3.05, 3.63) is 66.7 Å². The van der Waals surface area contributed by atoms with Crippen LogP contribution in [0.2, 0.25) is 0 Å². The molecule has 1 aromatic carbocycles. The number of anilines is 1. The largest absolute Gasteiger partial charge is 0.339 e. The van der Waals surface area contributed by atoms with E-state index in [2.05, 4.69) is 20.3 Å². The minimum atomic E-state index is -0.295. The van der Waals surface area contributed by atoms with Gasteiger partial charge in [-0.2, -0.15) is 0 Å². The third-order valence-electron chi connectivity index (χ3n) is 4.64. The fourth-order valence-corrected chi connectivity index (χ4v) is 3.26. The van der Waals surface area contributed by atoms with E-state index in [-0.39, 0.29) is 11.7 Å². The van der Waals surface area contributed by atoms with Gasteiger partial charge in [-0.1, -0.05) is 0 Å². The van der Waals surface area contributed by atoms with Crippen LogP contribution in [-0.2, 0) is 4.79 Å². The molecule has 4 rings (SSSR count). The third kappa shape index (κ3) is 4.00. The summed E-state index contributed by atoms with van der Waals surface area (Å²) in [5.41, 5.74) is 9.66. The Labute approximate surface area is 167 Å². The van der Waals surface area contributed by atoms with E-state index in [1.807, 2.05) is 18.2 Å². The lowest BCUT2D eigenvalue weighted by molar-refractivity contribution is -0.116. The predicted octanol–water partition coefficient (Wildman–Crippen LogP) is 4.11. The van der Waals surface area contributed by atoms with Crippen molar-refractivity contribution in [2.75, 3.05) is 11.9 Å². The summed E-state index contributed by atoms with van der Waals surface area (Å²) in [5, 5.41) is 3.70. The maximum absolute atomic E-state index is 13.4. The molecule has 0 bridgehead atoms. The molecule has 7 heteroatoms. The number of nitrogens with two attached hydrogens (primary N) is 1. The van der Waals surface area contributed by atoms with Crippen molar-refractivity contribution >= 4 is 22.8 Å². The quantitative estimate of drug-likeness (QED) is 0.462. The Balaban J connectivity index is 1.80. The number of carbonyl (C=O) groups excluding carboxylic acids is 1. The minimum absolute atomic E-state index is 0.123. The normalized spacial score (nSPS) is 11.0. The summed E-state index contributed by atoms with van der Waals surface area (Å²) < 4.78 is 13.4.